The molecule has 0 spiro atoms. The Bertz CT molecular complexity index is 782. The summed E-state index contributed by atoms with van der Waals surface area (Å²) in [6.07, 6.45) is 5.64. The highest BCUT2D eigenvalue weighted by Gasteiger charge is 2.24. The molecular weight excluding hydrogens is 352 g/mol. The molecule has 0 aromatic carbocycles. The van der Waals surface area contributed by atoms with Crippen LogP contribution in [0.15, 0.2) is 18.3 Å². The van der Waals surface area contributed by atoms with Crippen molar-refractivity contribution in [3.63, 3.8) is 0 Å². The van der Waals surface area contributed by atoms with Gasteiger partial charge in [-0.05, 0) is 51.5 Å². The molecule has 1 N–H and O–H groups in total. The Hall–Kier alpha value is -2.08. The largest absolute Gasteiger partial charge is 0.480 e. The van der Waals surface area contributed by atoms with E-state index in [1.165, 1.54) is 0 Å². The van der Waals surface area contributed by atoms with Gasteiger partial charge in [0.15, 0.2) is 0 Å². The molecule has 1 aliphatic carbocycles. The van der Waals surface area contributed by atoms with Crippen LogP contribution in [0.4, 0.5) is 0 Å². The van der Waals surface area contributed by atoms with E-state index in [0.717, 1.165) is 37.9 Å². The minimum absolute atomic E-state index is 0.0893. The smallest absolute Gasteiger partial charge is 0.253 e. The van der Waals surface area contributed by atoms with Crippen LogP contribution in [0.1, 0.15) is 47.4 Å². The number of pyridine rings is 1. The van der Waals surface area contributed by atoms with Gasteiger partial charge in [-0.1, -0.05) is 11.6 Å². The summed E-state index contributed by atoms with van der Waals surface area (Å²) in [6.45, 7) is 4.76. The van der Waals surface area contributed by atoms with E-state index in [0.29, 0.717) is 28.1 Å². The van der Waals surface area contributed by atoms with Crippen LogP contribution in [0.2, 0.25) is 5.02 Å². The van der Waals surface area contributed by atoms with E-state index in [9.17, 15) is 4.79 Å². The van der Waals surface area contributed by atoms with Gasteiger partial charge >= 0.3 is 0 Å². The van der Waals surface area contributed by atoms with Crippen molar-refractivity contribution in [3.05, 3.63) is 40.3 Å². The molecule has 0 atom stereocenters. The van der Waals surface area contributed by atoms with E-state index in [2.05, 4.69) is 15.4 Å². The van der Waals surface area contributed by atoms with Crippen molar-refractivity contribution in [2.24, 2.45) is 5.92 Å². The highest BCUT2D eigenvalue weighted by Crippen LogP contribution is 2.27. The van der Waals surface area contributed by atoms with Crippen LogP contribution in [0.25, 0.3) is 0 Å². The average Bonchev–Trinajstić information content (AvgIpc) is 2.98. The molecule has 7 heteroatoms. The number of aromatic nitrogens is 3. The first kappa shape index (κ1) is 18.7. The number of nitrogens with one attached hydrogen (secondary N) is 1. The molecule has 140 valence electrons. The van der Waals surface area contributed by atoms with Crippen LogP contribution in [0.3, 0.4) is 0 Å². The van der Waals surface area contributed by atoms with E-state index in [4.69, 9.17) is 16.3 Å². The first-order valence-corrected chi connectivity index (χ1v) is 9.35. The van der Waals surface area contributed by atoms with E-state index >= 15 is 0 Å². The Labute approximate surface area is 158 Å². The lowest BCUT2D eigenvalue weighted by molar-refractivity contribution is 0.0919. The topological polar surface area (TPSA) is 69.0 Å². The van der Waals surface area contributed by atoms with Gasteiger partial charge in [-0.15, -0.1) is 5.10 Å². The van der Waals surface area contributed by atoms with E-state index in [1.807, 2.05) is 24.6 Å². The second-order valence-corrected chi connectivity index (χ2v) is 7.42. The zero-order chi connectivity index (χ0) is 18.7. The number of hydrogen-bond donors (Lipinski definition) is 1. The summed E-state index contributed by atoms with van der Waals surface area (Å²) in [4.78, 5) is 16.7. The fraction of sp³-hybridized carbons (Fsp3) is 0.526. The average molecular weight is 377 g/mol. The number of ether oxygens (including phenoxy) is 1. The predicted octanol–water partition coefficient (Wildman–Crippen LogP) is 3.55. The molecule has 1 aliphatic rings. The van der Waals surface area contributed by atoms with Crippen LogP contribution < -0.4 is 10.1 Å². The summed E-state index contributed by atoms with van der Waals surface area (Å²) < 4.78 is 7.21. The number of methoxy groups -OCH3 is 1. The molecule has 2 heterocycles. The van der Waals surface area contributed by atoms with Crippen molar-refractivity contribution in [3.8, 4) is 5.88 Å². The maximum Gasteiger partial charge on any atom is 0.253 e. The molecule has 0 radical (unpaired) electrons. The Morgan fingerprint density at radius 3 is 2.69 bits per heavy atom. The third-order valence-electron chi connectivity index (χ3n) is 5.08. The van der Waals surface area contributed by atoms with E-state index in [1.54, 1.807) is 19.4 Å². The van der Waals surface area contributed by atoms with E-state index < -0.39 is 0 Å². The molecular formula is C19H25ClN4O2. The Morgan fingerprint density at radius 1 is 1.31 bits per heavy atom. The fourth-order valence-electron chi connectivity index (χ4n) is 3.50. The maximum atomic E-state index is 12.5. The number of nitrogens with zero attached hydrogens (tertiary/aromatic N) is 3. The van der Waals surface area contributed by atoms with Crippen molar-refractivity contribution in [1.29, 1.82) is 0 Å². The number of halogens is 1. The molecule has 0 unspecified atom stereocenters. The van der Waals surface area contributed by atoms with Gasteiger partial charge < -0.3 is 10.1 Å². The van der Waals surface area contributed by atoms with Crippen molar-refractivity contribution in [1.82, 2.24) is 20.1 Å². The van der Waals surface area contributed by atoms with Crippen LogP contribution in [-0.2, 0) is 6.54 Å². The molecule has 26 heavy (non-hydrogen) atoms. The van der Waals surface area contributed by atoms with Gasteiger partial charge in [0.1, 0.15) is 0 Å². The summed E-state index contributed by atoms with van der Waals surface area (Å²) in [7, 11) is 1.64. The minimum Gasteiger partial charge on any atom is -0.480 e. The molecule has 1 fully saturated rings. The highest BCUT2D eigenvalue weighted by atomic mass is 35.5. The van der Waals surface area contributed by atoms with Gasteiger partial charge in [0.2, 0.25) is 5.88 Å². The van der Waals surface area contributed by atoms with E-state index in [-0.39, 0.29) is 11.9 Å². The number of carbonyl (C=O) groups excluding carboxylic acids is 1. The number of rotatable bonds is 5. The summed E-state index contributed by atoms with van der Waals surface area (Å²) >= 11 is 5.97. The molecule has 0 saturated heterocycles. The number of hydrogen-bond acceptors (Lipinski definition) is 4. The zero-order valence-corrected chi connectivity index (χ0v) is 16.2. The highest BCUT2D eigenvalue weighted by molar-refractivity contribution is 6.30. The lowest BCUT2D eigenvalue weighted by Gasteiger charge is -2.29. The monoisotopic (exact) mass is 376 g/mol. The van der Waals surface area contributed by atoms with Gasteiger partial charge in [-0.25, -0.2) is 0 Å². The van der Waals surface area contributed by atoms with Gasteiger partial charge in [0, 0.05) is 30.5 Å². The summed E-state index contributed by atoms with van der Waals surface area (Å²) in [6, 6.07) is 3.83. The van der Waals surface area contributed by atoms with Gasteiger partial charge in [0.05, 0.1) is 23.4 Å². The van der Waals surface area contributed by atoms with Crippen LogP contribution in [0.5, 0.6) is 5.88 Å². The normalized spacial score (nSPS) is 20.0. The molecule has 0 bridgehead atoms. The zero-order valence-electron chi connectivity index (χ0n) is 15.5. The second kappa shape index (κ2) is 8.08. The van der Waals surface area contributed by atoms with Gasteiger partial charge in [-0.2, -0.15) is 0 Å². The third-order valence-corrected chi connectivity index (χ3v) is 5.29. The lowest BCUT2D eigenvalue weighted by atomic mass is 9.86. The van der Waals surface area contributed by atoms with Crippen molar-refractivity contribution < 1.29 is 9.53 Å². The van der Waals surface area contributed by atoms with Gasteiger partial charge in [0.25, 0.3) is 5.91 Å². The molecule has 0 aliphatic heterocycles. The standard InChI is InChI=1S/C19H25ClN4O2/c1-12-8-18(26-3)23-24(12)11-14-4-6-16(7-5-14)22-19(25)17-9-15(20)10-21-13(17)2/h8-10,14,16H,4-7,11H2,1-3H3,(H,22,25)/t14-,16-. The fourth-order valence-corrected chi connectivity index (χ4v) is 3.66. The maximum absolute atomic E-state index is 12.5. The Morgan fingerprint density at radius 2 is 2.04 bits per heavy atom. The second-order valence-electron chi connectivity index (χ2n) is 6.99. The lowest BCUT2D eigenvalue weighted by Crippen LogP contribution is -2.38. The summed E-state index contributed by atoms with van der Waals surface area (Å²) in [5.74, 6) is 1.14. The van der Waals surface area contributed by atoms with Crippen LogP contribution in [-0.4, -0.2) is 33.8 Å². The SMILES string of the molecule is COc1cc(C)n(C[C@H]2CC[C@H](NC(=O)c3cc(Cl)cnc3C)CC2)n1. The molecule has 3 rings (SSSR count). The van der Waals surface area contributed by atoms with Crippen molar-refractivity contribution in [2.75, 3.05) is 7.11 Å². The molecule has 2 aromatic rings. The summed E-state index contributed by atoms with van der Waals surface area (Å²) in [5.41, 5.74) is 2.36. The molecule has 2 aromatic heterocycles. The van der Waals surface area contributed by atoms with Crippen LogP contribution >= 0.6 is 11.6 Å². The number of aryl methyl sites for hydroxylation is 2. The number of amides is 1. The molecule has 6 nitrogen and oxygen atoms in total. The first-order chi connectivity index (χ1) is 12.5. The third kappa shape index (κ3) is 4.36. The Kier molecular flexibility index (Phi) is 5.81. The molecule has 1 saturated carbocycles. The number of carbonyl (C=O) groups is 1. The first-order valence-electron chi connectivity index (χ1n) is 8.97. The van der Waals surface area contributed by atoms with Crippen molar-refractivity contribution >= 4 is 17.5 Å². The minimum atomic E-state index is -0.0893. The van der Waals surface area contributed by atoms with Gasteiger partial charge in [-0.3, -0.25) is 14.5 Å². The quantitative estimate of drug-likeness (QED) is 0.866. The van der Waals surface area contributed by atoms with Crippen molar-refractivity contribution in [2.45, 2.75) is 52.1 Å². The predicted molar refractivity (Wildman–Crippen MR) is 101 cm³/mol. The van der Waals surface area contributed by atoms with Crippen LogP contribution in [0, 0.1) is 19.8 Å². The summed E-state index contributed by atoms with van der Waals surface area (Å²) in [5, 5.41) is 8.07. The Balaban J connectivity index is 1.52. The molecule has 1 amide bonds.